The largest absolute Gasteiger partial charge is 0.459 e. The molecule has 0 saturated carbocycles. The number of aromatic amines is 2. The van der Waals surface area contributed by atoms with Crippen LogP contribution < -0.4 is 22.5 Å². The Morgan fingerprint density at radius 1 is 1.00 bits per heavy atom. The number of esters is 1. The molecular weight excluding hydrogens is 677 g/mol. The van der Waals surface area contributed by atoms with Gasteiger partial charge in [0.15, 0.2) is 0 Å². The lowest BCUT2D eigenvalue weighted by Gasteiger charge is -2.25. The van der Waals surface area contributed by atoms with Gasteiger partial charge < -0.3 is 29.0 Å². The van der Waals surface area contributed by atoms with E-state index in [-0.39, 0.29) is 54.9 Å². The summed E-state index contributed by atoms with van der Waals surface area (Å²) in [5.41, 5.74) is -2.24. The van der Waals surface area contributed by atoms with E-state index in [1.54, 1.807) is 0 Å². The molecule has 2 fully saturated rings. The molecule has 2 aromatic rings. The number of Topliss-reactive ketones (excluding diaryl/α,β-unsaturated/α-hetero) is 1. The van der Waals surface area contributed by atoms with E-state index in [1.165, 1.54) is 33.2 Å². The van der Waals surface area contributed by atoms with Crippen LogP contribution in [0.4, 0.5) is 0 Å². The predicted octanol–water partition coefficient (Wildman–Crippen LogP) is 0.714. The fourth-order valence-corrected chi connectivity index (χ4v) is 8.34. The third-order valence-electron chi connectivity index (χ3n) is 7.53. The number of nitrogens with one attached hydrogen (secondary N) is 2. The Balaban J connectivity index is 1.55. The third-order valence-corrected chi connectivity index (χ3v) is 11.3. The molecule has 1 unspecified atom stereocenters. The van der Waals surface area contributed by atoms with Crippen LogP contribution in [0.25, 0.3) is 4.85 Å². The highest BCUT2D eigenvalue weighted by atomic mass is 32.7. The zero-order valence-electron chi connectivity index (χ0n) is 26.3. The number of ketones is 1. The Hall–Kier alpha value is -3.63. The van der Waals surface area contributed by atoms with Crippen molar-refractivity contribution in [3.05, 3.63) is 76.6 Å². The van der Waals surface area contributed by atoms with Crippen LogP contribution in [0.15, 0.2) is 31.6 Å². The number of hydrogen-bond acceptors (Lipinski definition) is 14. The molecule has 7 atom stereocenters. The van der Waals surface area contributed by atoms with Gasteiger partial charge >= 0.3 is 24.1 Å². The zero-order chi connectivity index (χ0) is 35.2. The summed E-state index contributed by atoms with van der Waals surface area (Å²) < 4.78 is 45.5. The predicted molar refractivity (Wildman–Crippen MR) is 168 cm³/mol. The highest BCUT2D eigenvalue weighted by Crippen LogP contribution is 2.63. The van der Waals surface area contributed by atoms with Crippen LogP contribution in [-0.4, -0.2) is 85.9 Å². The van der Waals surface area contributed by atoms with Crippen molar-refractivity contribution in [3.63, 3.8) is 0 Å². The number of aliphatic hydroxyl groups excluding tert-OH is 1. The van der Waals surface area contributed by atoms with Crippen molar-refractivity contribution in [3.8, 4) is 0 Å². The van der Waals surface area contributed by atoms with Crippen molar-refractivity contribution >= 4 is 29.9 Å². The van der Waals surface area contributed by atoms with Crippen LogP contribution in [0.2, 0.25) is 0 Å². The van der Waals surface area contributed by atoms with Crippen molar-refractivity contribution < 1.29 is 42.5 Å². The van der Waals surface area contributed by atoms with Crippen molar-refractivity contribution in [2.24, 2.45) is 0 Å². The van der Waals surface area contributed by atoms with Gasteiger partial charge in [0, 0.05) is 42.8 Å². The van der Waals surface area contributed by atoms with Gasteiger partial charge in [-0.25, -0.2) is 20.7 Å². The Morgan fingerprint density at radius 2 is 1.56 bits per heavy atom. The van der Waals surface area contributed by atoms with Gasteiger partial charge in [0.2, 0.25) is 6.54 Å². The normalized spacial score (nSPS) is 25.0. The minimum Gasteiger partial charge on any atom is -0.459 e. The number of aryl methyl sites for hydroxylation is 2. The van der Waals surface area contributed by atoms with Crippen LogP contribution in [-0.2, 0) is 37.4 Å². The number of carbonyl (C=O) groups excluding carboxylic acids is 2. The van der Waals surface area contributed by atoms with E-state index in [4.69, 9.17) is 29.8 Å². The maximum Gasteiger partial charge on any atom is 0.389 e. The first kappa shape index (κ1) is 37.2. The summed E-state index contributed by atoms with van der Waals surface area (Å²) in [6.07, 6.45) is -4.07. The highest BCUT2D eigenvalue weighted by Gasteiger charge is 2.45. The standard InChI is InChI=1S/C28H36N5O13PS/c1-15-11-32(27(39)30-25(15)37)22-9-18(45-24(36)6-5-17(3)35)21(44-22)14-42-47(41,48-8-7-29-4)46-19-10-23(43-20(19)13-34)33-12-16(2)26(38)31-28(33)40/h11-12,18-23,34H,5-10,13-14H2,1-3H3,(H,30,37,39)(H,31,38,40)/t18-,19-,20-,21-,22-,23-,47?/m1/s1. The zero-order valence-corrected chi connectivity index (χ0v) is 28.0. The van der Waals surface area contributed by atoms with Gasteiger partial charge in [-0.15, -0.1) is 0 Å². The molecule has 2 aliphatic rings. The van der Waals surface area contributed by atoms with Crippen molar-refractivity contribution in [2.45, 2.75) is 83.3 Å². The molecule has 48 heavy (non-hydrogen) atoms. The molecule has 20 heteroatoms. The van der Waals surface area contributed by atoms with E-state index in [0.29, 0.717) is 11.4 Å². The highest BCUT2D eigenvalue weighted by molar-refractivity contribution is 8.55. The molecule has 0 aromatic carbocycles. The summed E-state index contributed by atoms with van der Waals surface area (Å²) in [6.45, 7) is 6.12. The Labute approximate surface area is 276 Å². The molecule has 4 heterocycles. The van der Waals surface area contributed by atoms with E-state index < -0.39 is 85.4 Å². The number of nitrogens with zero attached hydrogens (tertiary/aromatic N) is 3. The molecule has 3 N–H and O–H groups in total. The Kier molecular flexibility index (Phi) is 12.5. The molecular formula is C28H36N5O13PS. The van der Waals surface area contributed by atoms with E-state index in [0.717, 1.165) is 9.13 Å². The van der Waals surface area contributed by atoms with E-state index >= 15 is 0 Å². The maximum atomic E-state index is 14.1. The summed E-state index contributed by atoms with van der Waals surface area (Å²) in [7, 11) is 0. The van der Waals surface area contributed by atoms with Crippen molar-refractivity contribution in [2.75, 3.05) is 25.5 Å². The fraction of sp³-hybridized carbons (Fsp3) is 0.607. The summed E-state index contributed by atoms with van der Waals surface area (Å²) >= 11 is 0.714. The van der Waals surface area contributed by atoms with E-state index in [2.05, 4.69) is 14.8 Å². The van der Waals surface area contributed by atoms with Gasteiger partial charge in [-0.1, -0.05) is 0 Å². The minimum atomic E-state index is -4.19. The first-order chi connectivity index (χ1) is 22.7. The first-order valence-corrected chi connectivity index (χ1v) is 18.0. The lowest BCUT2D eigenvalue weighted by molar-refractivity contribution is -0.153. The summed E-state index contributed by atoms with van der Waals surface area (Å²) in [5.74, 6) is -0.908. The summed E-state index contributed by atoms with van der Waals surface area (Å²) in [4.78, 5) is 80.4. The minimum absolute atomic E-state index is 0.0316. The number of rotatable bonds is 15. The molecule has 0 bridgehead atoms. The summed E-state index contributed by atoms with van der Waals surface area (Å²) in [6, 6.07) is 0. The third kappa shape index (κ3) is 9.29. The number of H-pyrrole nitrogens is 2. The van der Waals surface area contributed by atoms with Gasteiger partial charge in [-0.05, 0) is 32.2 Å². The number of aromatic nitrogens is 4. The number of aliphatic hydroxyl groups is 1. The van der Waals surface area contributed by atoms with Gasteiger partial charge in [-0.3, -0.25) is 42.5 Å². The number of carbonyl (C=O) groups is 2. The second-order valence-electron chi connectivity index (χ2n) is 11.2. The van der Waals surface area contributed by atoms with Gasteiger partial charge in [-0.2, -0.15) is 0 Å². The van der Waals surface area contributed by atoms with E-state index in [1.807, 2.05) is 0 Å². The molecule has 0 spiro atoms. The number of ether oxygens (including phenoxy) is 3. The average Bonchev–Trinajstić information content (AvgIpc) is 3.62. The van der Waals surface area contributed by atoms with Crippen LogP contribution in [0.3, 0.4) is 0 Å². The second-order valence-corrected chi connectivity index (χ2v) is 15.3. The topological polar surface area (TPSA) is 232 Å². The number of hydrogen-bond donors (Lipinski definition) is 3. The molecule has 18 nitrogen and oxygen atoms in total. The molecule has 2 aromatic heterocycles. The Morgan fingerprint density at radius 3 is 2.10 bits per heavy atom. The van der Waals surface area contributed by atoms with Gasteiger partial charge in [0.25, 0.3) is 11.1 Å². The molecule has 0 radical (unpaired) electrons. The lowest BCUT2D eigenvalue weighted by atomic mass is 10.1. The van der Waals surface area contributed by atoms with Crippen molar-refractivity contribution in [1.29, 1.82) is 0 Å². The molecule has 4 rings (SSSR count). The van der Waals surface area contributed by atoms with Crippen LogP contribution in [0, 0.1) is 20.4 Å². The maximum absolute atomic E-state index is 14.1. The first-order valence-electron chi connectivity index (χ1n) is 14.9. The molecule has 0 amide bonds. The van der Waals surface area contributed by atoms with Crippen LogP contribution >= 0.6 is 18.2 Å². The van der Waals surface area contributed by atoms with Gasteiger partial charge in [0.1, 0.15) is 42.7 Å². The molecule has 2 saturated heterocycles. The summed E-state index contributed by atoms with van der Waals surface area (Å²) in [5, 5.41) is 10.0. The van der Waals surface area contributed by atoms with E-state index in [9.17, 15) is 38.4 Å². The van der Waals surface area contributed by atoms with Crippen LogP contribution in [0.1, 0.15) is 56.2 Å². The molecule has 262 valence electrons. The van der Waals surface area contributed by atoms with Gasteiger partial charge in [0.05, 0.1) is 25.4 Å². The van der Waals surface area contributed by atoms with Crippen LogP contribution in [0.5, 0.6) is 0 Å². The average molecular weight is 714 g/mol. The molecule has 2 aliphatic heterocycles. The Bertz CT molecular complexity index is 1830. The smallest absolute Gasteiger partial charge is 0.389 e. The SMILES string of the molecule is [C-]#[N+]CCSP(=O)(OC[C@H]1O[C@@H](n2cc(C)c(=O)[nH]c2=O)C[C@H]1OC(=O)CCC(C)=O)O[C@@H]1C[C@H](n2cc(C)c(=O)[nH]c2=O)O[C@@H]1CO. The fourth-order valence-electron chi connectivity index (χ4n) is 5.02. The second kappa shape index (κ2) is 16.2. The lowest BCUT2D eigenvalue weighted by Crippen LogP contribution is -2.33. The molecule has 0 aliphatic carbocycles. The van der Waals surface area contributed by atoms with Crippen molar-refractivity contribution in [1.82, 2.24) is 19.1 Å². The quantitative estimate of drug-likeness (QED) is 0.0999. The monoisotopic (exact) mass is 713 g/mol.